The van der Waals surface area contributed by atoms with Crippen molar-refractivity contribution >= 4 is 37.1 Å². The van der Waals surface area contributed by atoms with E-state index in [1.54, 1.807) is 19.1 Å². The summed E-state index contributed by atoms with van der Waals surface area (Å²) < 4.78 is 49.0. The van der Waals surface area contributed by atoms with Crippen LogP contribution in [0.3, 0.4) is 0 Å². The zero-order valence-electron chi connectivity index (χ0n) is 16.2. The fourth-order valence-electron chi connectivity index (χ4n) is 2.91. The van der Waals surface area contributed by atoms with Crippen LogP contribution in [0.5, 0.6) is 0 Å². The Morgan fingerprint density at radius 1 is 0.933 bits per heavy atom. The van der Waals surface area contributed by atoms with E-state index in [1.165, 1.54) is 48.7 Å². The van der Waals surface area contributed by atoms with Gasteiger partial charge in [0.1, 0.15) is 0 Å². The van der Waals surface area contributed by atoms with Gasteiger partial charge in [0.15, 0.2) is 25.5 Å². The molecule has 0 aliphatic rings. The topological polar surface area (TPSA) is 98.2 Å². The number of nitrogens with zero attached hydrogens (tertiary/aromatic N) is 1. The molecule has 0 spiro atoms. The number of rotatable bonds is 6. The van der Waals surface area contributed by atoms with E-state index < -0.39 is 25.4 Å². The maximum atomic E-state index is 13.0. The SMILES string of the molecule is Cc1cc(C(=O)c2cc(Cl)ccc2CS(=O)(=O)c2ccc(S(C)(=O)=O)cc2)ccn1. The quantitative estimate of drug-likeness (QED) is 0.517. The molecule has 1 heterocycles. The Hall–Kier alpha value is -2.55. The van der Waals surface area contributed by atoms with Gasteiger partial charge in [-0.1, -0.05) is 17.7 Å². The molecule has 30 heavy (non-hydrogen) atoms. The van der Waals surface area contributed by atoms with Crippen LogP contribution >= 0.6 is 11.6 Å². The minimum Gasteiger partial charge on any atom is -0.289 e. The Kier molecular flexibility index (Phi) is 6.12. The van der Waals surface area contributed by atoms with Crippen LogP contribution in [0.15, 0.2) is 70.6 Å². The van der Waals surface area contributed by atoms with Gasteiger partial charge in [-0.15, -0.1) is 0 Å². The Morgan fingerprint density at radius 2 is 1.57 bits per heavy atom. The maximum Gasteiger partial charge on any atom is 0.193 e. The number of carbonyl (C=O) groups is 1. The molecule has 0 N–H and O–H groups in total. The lowest BCUT2D eigenvalue weighted by atomic mass is 9.99. The molecule has 0 aliphatic heterocycles. The van der Waals surface area contributed by atoms with E-state index >= 15 is 0 Å². The van der Waals surface area contributed by atoms with Gasteiger partial charge in [-0.2, -0.15) is 0 Å². The number of carbonyl (C=O) groups excluding carboxylic acids is 1. The Bertz CT molecular complexity index is 1330. The van der Waals surface area contributed by atoms with E-state index in [1.807, 2.05) is 0 Å². The monoisotopic (exact) mass is 463 g/mol. The lowest BCUT2D eigenvalue weighted by Gasteiger charge is -2.11. The van der Waals surface area contributed by atoms with Crippen molar-refractivity contribution in [1.29, 1.82) is 0 Å². The highest BCUT2D eigenvalue weighted by molar-refractivity contribution is 7.91. The Morgan fingerprint density at radius 3 is 2.17 bits per heavy atom. The van der Waals surface area contributed by atoms with E-state index in [-0.39, 0.29) is 21.1 Å². The van der Waals surface area contributed by atoms with Crippen LogP contribution in [0, 0.1) is 6.92 Å². The Balaban J connectivity index is 1.99. The summed E-state index contributed by atoms with van der Waals surface area (Å²) in [6.45, 7) is 1.75. The van der Waals surface area contributed by atoms with Gasteiger partial charge < -0.3 is 0 Å². The summed E-state index contributed by atoms with van der Waals surface area (Å²) in [4.78, 5) is 17.0. The molecule has 1 aromatic heterocycles. The molecule has 0 fully saturated rings. The number of hydrogen-bond acceptors (Lipinski definition) is 6. The average molecular weight is 464 g/mol. The standard InChI is InChI=1S/C21H18ClNO5S2/c1-14-11-15(9-10-23-14)21(24)20-12-17(22)4-3-16(20)13-30(27,28)19-7-5-18(6-8-19)29(2,25)26/h3-12H,13H2,1-2H3. The molecule has 0 saturated heterocycles. The summed E-state index contributed by atoms with van der Waals surface area (Å²) in [5, 5.41) is 0.308. The summed E-state index contributed by atoms with van der Waals surface area (Å²) in [5.74, 6) is -0.798. The molecule has 3 aromatic rings. The molecule has 9 heteroatoms. The van der Waals surface area contributed by atoms with E-state index in [0.29, 0.717) is 21.8 Å². The lowest BCUT2D eigenvalue weighted by molar-refractivity contribution is 0.103. The number of aromatic nitrogens is 1. The van der Waals surface area contributed by atoms with Crippen molar-refractivity contribution in [2.45, 2.75) is 22.5 Å². The number of pyridine rings is 1. The second-order valence-electron chi connectivity index (χ2n) is 6.82. The third-order valence-corrected chi connectivity index (χ3v) is 7.48. The smallest absolute Gasteiger partial charge is 0.193 e. The second kappa shape index (κ2) is 8.29. The minimum atomic E-state index is -3.84. The van der Waals surface area contributed by atoms with Gasteiger partial charge in [0.2, 0.25) is 0 Å². The van der Waals surface area contributed by atoms with Gasteiger partial charge in [0, 0.05) is 34.3 Å². The number of hydrogen-bond donors (Lipinski definition) is 0. The largest absolute Gasteiger partial charge is 0.289 e. The summed E-state index contributed by atoms with van der Waals surface area (Å²) in [7, 11) is -7.28. The fourth-order valence-corrected chi connectivity index (χ4v) is 5.09. The van der Waals surface area contributed by atoms with E-state index in [9.17, 15) is 21.6 Å². The molecule has 156 valence electrons. The zero-order chi connectivity index (χ0) is 22.1. The van der Waals surface area contributed by atoms with Gasteiger partial charge in [-0.05, 0) is 61.0 Å². The zero-order valence-corrected chi connectivity index (χ0v) is 18.6. The summed E-state index contributed by atoms with van der Waals surface area (Å²) >= 11 is 6.06. The molecule has 6 nitrogen and oxygen atoms in total. The molecule has 0 radical (unpaired) electrons. The first-order valence-corrected chi connectivity index (χ1v) is 12.7. The molecule has 0 amide bonds. The molecule has 0 atom stereocenters. The van der Waals surface area contributed by atoms with E-state index in [2.05, 4.69) is 4.98 Å². The van der Waals surface area contributed by atoms with Gasteiger partial charge in [0.05, 0.1) is 15.5 Å². The maximum absolute atomic E-state index is 13.0. The summed E-state index contributed by atoms with van der Waals surface area (Å²) in [5.41, 5.74) is 1.51. The van der Waals surface area contributed by atoms with E-state index in [0.717, 1.165) is 6.26 Å². The number of benzene rings is 2. The first-order valence-electron chi connectivity index (χ1n) is 8.76. The van der Waals surface area contributed by atoms with Gasteiger partial charge >= 0.3 is 0 Å². The first kappa shape index (κ1) is 22.1. The first-order chi connectivity index (χ1) is 14.0. The highest BCUT2D eigenvalue weighted by Crippen LogP contribution is 2.25. The van der Waals surface area contributed by atoms with Crippen molar-refractivity contribution in [3.05, 3.63) is 88.2 Å². The second-order valence-corrected chi connectivity index (χ2v) is 11.3. The van der Waals surface area contributed by atoms with Crippen molar-refractivity contribution in [3.63, 3.8) is 0 Å². The minimum absolute atomic E-state index is 0.0249. The van der Waals surface area contributed by atoms with Crippen molar-refractivity contribution < 1.29 is 21.6 Å². The molecule has 0 unspecified atom stereocenters. The van der Waals surface area contributed by atoms with Crippen molar-refractivity contribution in [3.8, 4) is 0 Å². The Labute approximate surface area is 180 Å². The third-order valence-electron chi connectivity index (χ3n) is 4.43. The molecule has 0 bridgehead atoms. The number of halogens is 1. The summed E-state index contributed by atoms with van der Waals surface area (Å²) in [6, 6.07) is 12.6. The highest BCUT2D eigenvalue weighted by Gasteiger charge is 2.22. The van der Waals surface area contributed by atoms with Crippen LogP contribution in [0.1, 0.15) is 27.2 Å². The molecule has 2 aromatic carbocycles. The van der Waals surface area contributed by atoms with Crippen LogP contribution in [0.25, 0.3) is 0 Å². The lowest BCUT2D eigenvalue weighted by Crippen LogP contribution is -2.11. The van der Waals surface area contributed by atoms with Crippen LogP contribution in [0.4, 0.5) is 0 Å². The number of ketones is 1. The molecule has 0 aliphatic carbocycles. The fraction of sp³-hybridized carbons (Fsp3) is 0.143. The average Bonchev–Trinajstić information content (AvgIpc) is 2.68. The number of aryl methyl sites for hydroxylation is 1. The predicted molar refractivity (Wildman–Crippen MR) is 114 cm³/mol. The van der Waals surface area contributed by atoms with Crippen LogP contribution in [0.2, 0.25) is 5.02 Å². The van der Waals surface area contributed by atoms with Crippen molar-refractivity contribution in [1.82, 2.24) is 4.98 Å². The molecule has 3 rings (SSSR count). The number of sulfone groups is 2. The van der Waals surface area contributed by atoms with Crippen LogP contribution < -0.4 is 0 Å². The normalized spacial score (nSPS) is 12.0. The highest BCUT2D eigenvalue weighted by atomic mass is 35.5. The van der Waals surface area contributed by atoms with E-state index in [4.69, 9.17) is 11.6 Å². The van der Waals surface area contributed by atoms with Gasteiger partial charge in [-0.3, -0.25) is 9.78 Å². The molecule has 0 saturated carbocycles. The predicted octanol–water partition coefficient (Wildman–Crippen LogP) is 3.65. The van der Waals surface area contributed by atoms with Crippen molar-refractivity contribution in [2.75, 3.05) is 6.26 Å². The van der Waals surface area contributed by atoms with Crippen LogP contribution in [-0.4, -0.2) is 33.9 Å². The van der Waals surface area contributed by atoms with Crippen LogP contribution in [-0.2, 0) is 25.4 Å². The van der Waals surface area contributed by atoms with Gasteiger partial charge in [-0.25, -0.2) is 16.8 Å². The molecular formula is C21H18ClNO5S2. The van der Waals surface area contributed by atoms with Gasteiger partial charge in [0.25, 0.3) is 0 Å². The van der Waals surface area contributed by atoms with Crippen molar-refractivity contribution in [2.24, 2.45) is 0 Å². The third kappa shape index (κ3) is 4.95. The molecular weight excluding hydrogens is 446 g/mol. The summed E-state index contributed by atoms with van der Waals surface area (Å²) in [6.07, 6.45) is 2.55.